The molecule has 0 fully saturated rings. The van der Waals surface area contributed by atoms with E-state index in [-0.39, 0.29) is 11.3 Å². The number of rotatable bonds is 4. The lowest BCUT2D eigenvalue weighted by atomic mass is 9.98. The summed E-state index contributed by atoms with van der Waals surface area (Å²) in [5.74, 6) is -0.110. The molecule has 0 aliphatic rings. The lowest BCUT2D eigenvalue weighted by Gasteiger charge is -2.13. The topological polar surface area (TPSA) is 59.8 Å². The molecular formula is C19H22N4OS. The Kier molecular flexibility index (Phi) is 4.72. The van der Waals surface area contributed by atoms with Gasteiger partial charge in [0.25, 0.3) is 5.91 Å². The molecule has 1 amide bonds. The first-order valence-corrected chi connectivity index (χ1v) is 9.00. The number of hydrogen-bond donors (Lipinski definition) is 1. The van der Waals surface area contributed by atoms with Gasteiger partial charge in [0.05, 0.1) is 17.2 Å². The lowest BCUT2D eigenvalue weighted by molar-refractivity contribution is 0.103. The first-order valence-electron chi connectivity index (χ1n) is 8.18. The molecule has 6 heteroatoms. The van der Waals surface area contributed by atoms with Gasteiger partial charge in [-0.1, -0.05) is 32.9 Å². The SMILES string of the molecule is Cc1nc(C(C)(C)C)sc1C(=O)Nc1cccc(Cn2cccn2)c1. The molecule has 0 atom stereocenters. The van der Waals surface area contributed by atoms with E-state index in [0.717, 1.165) is 22.0 Å². The van der Waals surface area contributed by atoms with Gasteiger partial charge in [0, 0.05) is 23.5 Å². The first-order chi connectivity index (χ1) is 11.8. The Hall–Kier alpha value is -2.47. The van der Waals surface area contributed by atoms with Crippen LogP contribution in [0.25, 0.3) is 0 Å². The summed E-state index contributed by atoms with van der Waals surface area (Å²) in [4.78, 5) is 17.9. The Morgan fingerprint density at radius 3 is 2.72 bits per heavy atom. The van der Waals surface area contributed by atoms with Gasteiger partial charge in [0.2, 0.25) is 0 Å². The third-order valence-corrected chi connectivity index (χ3v) is 5.31. The fraction of sp³-hybridized carbons (Fsp3) is 0.316. The van der Waals surface area contributed by atoms with Crippen molar-refractivity contribution in [2.75, 3.05) is 5.32 Å². The minimum atomic E-state index is -0.110. The monoisotopic (exact) mass is 354 g/mol. The quantitative estimate of drug-likeness (QED) is 0.762. The number of amides is 1. The molecule has 1 N–H and O–H groups in total. The predicted molar refractivity (Wildman–Crippen MR) is 101 cm³/mol. The molecule has 0 spiro atoms. The van der Waals surface area contributed by atoms with Crippen LogP contribution in [0.1, 0.15) is 46.7 Å². The van der Waals surface area contributed by atoms with Crippen molar-refractivity contribution in [1.29, 1.82) is 0 Å². The molecule has 2 aromatic heterocycles. The van der Waals surface area contributed by atoms with Crippen LogP contribution >= 0.6 is 11.3 Å². The number of carbonyl (C=O) groups excluding carboxylic acids is 1. The highest BCUT2D eigenvalue weighted by Crippen LogP contribution is 2.29. The number of aryl methyl sites for hydroxylation is 1. The van der Waals surface area contributed by atoms with Crippen molar-refractivity contribution in [3.63, 3.8) is 0 Å². The van der Waals surface area contributed by atoms with E-state index < -0.39 is 0 Å². The van der Waals surface area contributed by atoms with E-state index in [1.165, 1.54) is 11.3 Å². The average molecular weight is 354 g/mol. The van der Waals surface area contributed by atoms with E-state index in [2.05, 4.69) is 36.2 Å². The summed E-state index contributed by atoms with van der Waals surface area (Å²) in [6.07, 6.45) is 3.67. The highest BCUT2D eigenvalue weighted by molar-refractivity contribution is 7.14. The molecule has 0 saturated carbocycles. The summed E-state index contributed by atoms with van der Waals surface area (Å²) in [6, 6.07) is 9.72. The number of nitrogens with zero attached hydrogens (tertiary/aromatic N) is 3. The van der Waals surface area contributed by atoms with Gasteiger partial charge in [-0.2, -0.15) is 5.10 Å². The zero-order valence-electron chi connectivity index (χ0n) is 14.9. The Morgan fingerprint density at radius 1 is 1.28 bits per heavy atom. The van der Waals surface area contributed by atoms with Gasteiger partial charge in [-0.15, -0.1) is 11.3 Å². The third-order valence-electron chi connectivity index (χ3n) is 3.73. The van der Waals surface area contributed by atoms with Gasteiger partial charge < -0.3 is 5.32 Å². The molecule has 3 rings (SSSR count). The lowest BCUT2D eigenvalue weighted by Crippen LogP contribution is -2.12. The second-order valence-corrected chi connectivity index (χ2v) is 8.04. The van der Waals surface area contributed by atoms with Crippen molar-refractivity contribution in [1.82, 2.24) is 14.8 Å². The van der Waals surface area contributed by atoms with E-state index in [1.807, 2.05) is 48.1 Å². The minimum Gasteiger partial charge on any atom is -0.321 e. The summed E-state index contributed by atoms with van der Waals surface area (Å²) >= 11 is 1.46. The number of nitrogens with one attached hydrogen (secondary N) is 1. The molecule has 2 heterocycles. The zero-order valence-corrected chi connectivity index (χ0v) is 15.7. The van der Waals surface area contributed by atoms with Gasteiger partial charge in [0.15, 0.2) is 0 Å². The van der Waals surface area contributed by atoms with E-state index >= 15 is 0 Å². The van der Waals surface area contributed by atoms with Gasteiger partial charge in [-0.3, -0.25) is 9.48 Å². The molecule has 3 aromatic rings. The molecule has 5 nitrogen and oxygen atoms in total. The van der Waals surface area contributed by atoms with Crippen LogP contribution in [0, 0.1) is 6.92 Å². The fourth-order valence-electron chi connectivity index (χ4n) is 2.44. The van der Waals surface area contributed by atoms with Crippen molar-refractivity contribution >= 4 is 22.9 Å². The van der Waals surface area contributed by atoms with Crippen molar-refractivity contribution in [2.45, 2.75) is 39.7 Å². The van der Waals surface area contributed by atoms with Crippen molar-refractivity contribution < 1.29 is 4.79 Å². The first kappa shape index (κ1) is 17.4. The van der Waals surface area contributed by atoms with Crippen LogP contribution in [0.15, 0.2) is 42.7 Å². The Labute approximate surface area is 151 Å². The van der Waals surface area contributed by atoms with E-state index in [9.17, 15) is 4.79 Å². The number of aromatic nitrogens is 3. The number of anilines is 1. The predicted octanol–water partition coefficient (Wildman–Crippen LogP) is 4.25. The van der Waals surface area contributed by atoms with Crippen LogP contribution in [-0.4, -0.2) is 20.7 Å². The maximum absolute atomic E-state index is 12.6. The molecule has 0 aliphatic carbocycles. The number of hydrogen-bond acceptors (Lipinski definition) is 4. The largest absolute Gasteiger partial charge is 0.321 e. The Balaban J connectivity index is 1.76. The minimum absolute atomic E-state index is 0.0579. The zero-order chi connectivity index (χ0) is 18.0. The van der Waals surface area contributed by atoms with Gasteiger partial charge in [-0.05, 0) is 30.7 Å². The van der Waals surface area contributed by atoms with Crippen LogP contribution in [-0.2, 0) is 12.0 Å². The molecule has 0 unspecified atom stereocenters. The molecule has 0 saturated heterocycles. The molecule has 0 aliphatic heterocycles. The number of carbonyl (C=O) groups is 1. The van der Waals surface area contributed by atoms with Gasteiger partial charge in [-0.25, -0.2) is 4.98 Å². The van der Waals surface area contributed by atoms with Crippen LogP contribution < -0.4 is 5.32 Å². The molecule has 25 heavy (non-hydrogen) atoms. The van der Waals surface area contributed by atoms with E-state index in [4.69, 9.17) is 0 Å². The maximum atomic E-state index is 12.6. The van der Waals surface area contributed by atoms with Crippen LogP contribution in [0.5, 0.6) is 0 Å². The highest BCUT2D eigenvalue weighted by Gasteiger charge is 2.23. The van der Waals surface area contributed by atoms with E-state index in [1.54, 1.807) is 6.20 Å². The Morgan fingerprint density at radius 2 is 2.08 bits per heavy atom. The fourth-order valence-corrected chi connectivity index (χ4v) is 3.46. The molecule has 1 aromatic carbocycles. The molecular weight excluding hydrogens is 332 g/mol. The summed E-state index contributed by atoms with van der Waals surface area (Å²) in [5.41, 5.74) is 2.58. The number of benzene rings is 1. The summed E-state index contributed by atoms with van der Waals surface area (Å²) < 4.78 is 1.85. The van der Waals surface area contributed by atoms with E-state index in [0.29, 0.717) is 11.4 Å². The molecule has 0 bridgehead atoms. The van der Waals surface area contributed by atoms with Crippen LogP contribution in [0.4, 0.5) is 5.69 Å². The second-order valence-electron chi connectivity index (χ2n) is 7.04. The summed E-state index contributed by atoms with van der Waals surface area (Å²) in [5, 5.41) is 8.17. The summed E-state index contributed by atoms with van der Waals surface area (Å²) in [6.45, 7) is 8.86. The van der Waals surface area contributed by atoms with Crippen molar-refractivity contribution in [3.8, 4) is 0 Å². The van der Waals surface area contributed by atoms with Crippen molar-refractivity contribution in [2.24, 2.45) is 0 Å². The third kappa shape index (κ3) is 4.14. The van der Waals surface area contributed by atoms with Crippen LogP contribution in [0.2, 0.25) is 0 Å². The van der Waals surface area contributed by atoms with Gasteiger partial charge in [0.1, 0.15) is 4.88 Å². The molecule has 0 radical (unpaired) electrons. The smallest absolute Gasteiger partial charge is 0.267 e. The summed E-state index contributed by atoms with van der Waals surface area (Å²) in [7, 11) is 0. The average Bonchev–Trinajstić information content (AvgIpc) is 3.16. The van der Waals surface area contributed by atoms with Crippen molar-refractivity contribution in [3.05, 3.63) is 63.9 Å². The normalized spacial score (nSPS) is 11.5. The second kappa shape index (κ2) is 6.80. The molecule has 130 valence electrons. The standard InChI is InChI=1S/C19H22N4OS/c1-13-16(25-18(21-13)19(2,3)4)17(24)22-15-8-5-7-14(11-15)12-23-10-6-9-20-23/h5-11H,12H2,1-4H3,(H,22,24). The maximum Gasteiger partial charge on any atom is 0.267 e. The highest BCUT2D eigenvalue weighted by atomic mass is 32.1. The van der Waals surface area contributed by atoms with Crippen LogP contribution in [0.3, 0.4) is 0 Å². The number of thiazole rings is 1. The Bertz CT molecular complexity index is 875. The van der Waals surface area contributed by atoms with Gasteiger partial charge >= 0.3 is 0 Å².